The fourth-order valence-electron chi connectivity index (χ4n) is 4.00. The van der Waals surface area contributed by atoms with E-state index >= 15 is 0 Å². The molecule has 0 fully saturated rings. The van der Waals surface area contributed by atoms with E-state index in [4.69, 9.17) is 0 Å². The van der Waals surface area contributed by atoms with Crippen LogP contribution in [0.4, 0.5) is 0 Å². The second-order valence-corrected chi connectivity index (χ2v) is 6.33. The molecule has 0 unspecified atom stereocenters. The first-order valence-corrected chi connectivity index (χ1v) is 8.11. The number of nitrogens with one attached hydrogen (secondary N) is 1. The van der Waals surface area contributed by atoms with Crippen molar-refractivity contribution in [1.29, 1.82) is 0 Å². The lowest BCUT2D eigenvalue weighted by atomic mass is 9.89. The van der Waals surface area contributed by atoms with Crippen LogP contribution in [0.1, 0.15) is 11.1 Å². The van der Waals surface area contributed by atoms with E-state index in [1.807, 2.05) is 12.1 Å². The van der Waals surface area contributed by atoms with Crippen molar-refractivity contribution in [3.05, 3.63) is 65.7 Å². The van der Waals surface area contributed by atoms with Crippen LogP contribution in [0.3, 0.4) is 0 Å². The maximum absolute atomic E-state index is 10.4. The Morgan fingerprint density at radius 2 is 1.70 bits per heavy atom. The number of hydrogen-bond donors (Lipinski definition) is 2. The minimum Gasteiger partial charge on any atom is -0.508 e. The molecule has 1 aliphatic heterocycles. The highest BCUT2D eigenvalue weighted by atomic mass is 16.3. The first-order valence-electron chi connectivity index (χ1n) is 8.11. The SMILES string of the molecule is Oc1ccc2ccc3c4ccccc4cc4c3c2c1CCNC4. The van der Waals surface area contributed by atoms with Gasteiger partial charge in [-0.2, -0.15) is 0 Å². The number of phenolic OH excluding ortho intramolecular Hbond substituents is 1. The van der Waals surface area contributed by atoms with Crippen molar-refractivity contribution in [1.82, 2.24) is 5.32 Å². The zero-order valence-corrected chi connectivity index (χ0v) is 12.8. The van der Waals surface area contributed by atoms with Gasteiger partial charge in [0.25, 0.3) is 0 Å². The van der Waals surface area contributed by atoms with E-state index in [1.165, 1.54) is 37.9 Å². The molecule has 0 bridgehead atoms. The minimum atomic E-state index is 0.410. The summed E-state index contributed by atoms with van der Waals surface area (Å²) < 4.78 is 0. The van der Waals surface area contributed by atoms with Crippen molar-refractivity contribution in [2.24, 2.45) is 0 Å². The standard InChI is InChI=1S/C21H17NO/c23-19-8-6-13-5-7-17-16-4-2-1-3-14(16)11-15-12-22-10-9-18(19)20(13)21(15)17/h1-8,11,22-23H,9-10,12H2. The van der Waals surface area contributed by atoms with Gasteiger partial charge in [-0.3, -0.25) is 0 Å². The van der Waals surface area contributed by atoms with Crippen LogP contribution >= 0.6 is 0 Å². The Morgan fingerprint density at radius 1 is 0.826 bits per heavy atom. The van der Waals surface area contributed by atoms with Crippen molar-refractivity contribution >= 4 is 32.3 Å². The van der Waals surface area contributed by atoms with Gasteiger partial charge in [0, 0.05) is 12.1 Å². The van der Waals surface area contributed by atoms with Gasteiger partial charge in [0.15, 0.2) is 0 Å². The molecule has 5 rings (SSSR count). The van der Waals surface area contributed by atoms with Gasteiger partial charge in [0.2, 0.25) is 0 Å². The highest BCUT2D eigenvalue weighted by Crippen LogP contribution is 2.39. The Labute approximate surface area is 134 Å². The molecule has 0 aromatic heterocycles. The quantitative estimate of drug-likeness (QED) is 0.469. The smallest absolute Gasteiger partial charge is 0.119 e. The van der Waals surface area contributed by atoms with Crippen molar-refractivity contribution in [3.63, 3.8) is 0 Å². The van der Waals surface area contributed by atoms with E-state index < -0.39 is 0 Å². The second-order valence-electron chi connectivity index (χ2n) is 6.33. The summed E-state index contributed by atoms with van der Waals surface area (Å²) >= 11 is 0. The third-order valence-electron chi connectivity index (χ3n) is 5.04. The monoisotopic (exact) mass is 299 g/mol. The third kappa shape index (κ3) is 1.79. The van der Waals surface area contributed by atoms with E-state index in [1.54, 1.807) is 0 Å². The van der Waals surface area contributed by atoms with Crippen LogP contribution in [0.2, 0.25) is 0 Å². The Balaban J connectivity index is 2.11. The van der Waals surface area contributed by atoms with Gasteiger partial charge in [-0.05, 0) is 63.0 Å². The molecule has 0 aliphatic carbocycles. The summed E-state index contributed by atoms with van der Waals surface area (Å²) in [6.07, 6.45) is 0.856. The second kappa shape index (κ2) is 4.71. The molecule has 1 heterocycles. The summed E-state index contributed by atoms with van der Waals surface area (Å²) in [6, 6.07) is 19.1. The van der Waals surface area contributed by atoms with Gasteiger partial charge in [-0.25, -0.2) is 0 Å². The fourth-order valence-corrected chi connectivity index (χ4v) is 4.00. The first kappa shape index (κ1) is 12.9. The zero-order chi connectivity index (χ0) is 15.4. The lowest BCUT2D eigenvalue weighted by Gasteiger charge is -2.19. The molecule has 0 saturated carbocycles. The van der Waals surface area contributed by atoms with Crippen molar-refractivity contribution in [2.45, 2.75) is 13.0 Å². The van der Waals surface area contributed by atoms with Gasteiger partial charge < -0.3 is 10.4 Å². The van der Waals surface area contributed by atoms with Crippen LogP contribution in [0, 0.1) is 0 Å². The van der Waals surface area contributed by atoms with Gasteiger partial charge in [-0.15, -0.1) is 0 Å². The molecular weight excluding hydrogens is 282 g/mol. The first-order chi connectivity index (χ1) is 11.3. The number of aromatic hydroxyl groups is 1. The largest absolute Gasteiger partial charge is 0.508 e. The van der Waals surface area contributed by atoms with Gasteiger partial charge in [0.05, 0.1) is 0 Å². The predicted molar refractivity (Wildman–Crippen MR) is 96.0 cm³/mol. The minimum absolute atomic E-state index is 0.410. The van der Waals surface area contributed by atoms with Crippen molar-refractivity contribution in [2.75, 3.05) is 6.54 Å². The molecule has 0 spiro atoms. The van der Waals surface area contributed by atoms with Crippen LogP contribution in [0.5, 0.6) is 5.75 Å². The molecule has 2 nitrogen and oxygen atoms in total. The Hall–Kier alpha value is -2.58. The third-order valence-corrected chi connectivity index (χ3v) is 5.04. The van der Waals surface area contributed by atoms with Crippen LogP contribution in [-0.4, -0.2) is 11.7 Å². The average molecular weight is 299 g/mol. The van der Waals surface area contributed by atoms with Crippen molar-refractivity contribution in [3.8, 4) is 5.75 Å². The molecule has 0 atom stereocenters. The van der Waals surface area contributed by atoms with E-state index in [9.17, 15) is 5.11 Å². The van der Waals surface area contributed by atoms with Crippen LogP contribution in [0.15, 0.2) is 54.6 Å². The Kier molecular flexibility index (Phi) is 2.64. The molecule has 0 amide bonds. The average Bonchev–Trinajstić information content (AvgIpc) is 2.57. The summed E-state index contributed by atoms with van der Waals surface area (Å²) in [5.74, 6) is 0.410. The summed E-state index contributed by atoms with van der Waals surface area (Å²) in [7, 11) is 0. The number of fused-ring (bicyclic) bond motifs is 2. The fraction of sp³-hybridized carbons (Fsp3) is 0.143. The molecule has 2 N–H and O–H groups in total. The topological polar surface area (TPSA) is 32.3 Å². The van der Waals surface area contributed by atoms with Crippen LogP contribution < -0.4 is 5.32 Å². The number of benzene rings is 4. The molecule has 4 aromatic rings. The Bertz CT molecular complexity index is 1080. The highest BCUT2D eigenvalue weighted by molar-refractivity contribution is 6.20. The zero-order valence-electron chi connectivity index (χ0n) is 12.8. The summed E-state index contributed by atoms with van der Waals surface area (Å²) in [6.45, 7) is 1.75. The van der Waals surface area contributed by atoms with Gasteiger partial charge in [0.1, 0.15) is 5.75 Å². The molecule has 0 saturated heterocycles. The van der Waals surface area contributed by atoms with E-state index in [0.29, 0.717) is 5.75 Å². The molecule has 23 heavy (non-hydrogen) atoms. The lowest BCUT2D eigenvalue weighted by Crippen LogP contribution is -2.19. The summed E-state index contributed by atoms with van der Waals surface area (Å²) in [5, 5.41) is 21.5. The predicted octanol–water partition coefficient (Wildman–Crippen LogP) is 4.50. The van der Waals surface area contributed by atoms with Crippen molar-refractivity contribution < 1.29 is 5.11 Å². The maximum Gasteiger partial charge on any atom is 0.119 e. The number of rotatable bonds is 0. The van der Waals surface area contributed by atoms with Gasteiger partial charge >= 0.3 is 0 Å². The summed E-state index contributed by atoms with van der Waals surface area (Å²) in [5.41, 5.74) is 2.38. The van der Waals surface area contributed by atoms with E-state index in [-0.39, 0.29) is 0 Å². The highest BCUT2D eigenvalue weighted by Gasteiger charge is 2.16. The molecule has 112 valence electrons. The number of phenols is 1. The number of hydrogen-bond acceptors (Lipinski definition) is 2. The summed E-state index contributed by atoms with van der Waals surface area (Å²) in [4.78, 5) is 0. The lowest BCUT2D eigenvalue weighted by molar-refractivity contribution is 0.468. The van der Waals surface area contributed by atoms with E-state index in [2.05, 4.69) is 47.8 Å². The molecule has 2 heteroatoms. The van der Waals surface area contributed by atoms with Gasteiger partial charge in [-0.1, -0.05) is 42.5 Å². The molecule has 4 aromatic carbocycles. The van der Waals surface area contributed by atoms with Crippen LogP contribution in [0.25, 0.3) is 32.3 Å². The maximum atomic E-state index is 10.4. The Morgan fingerprint density at radius 3 is 2.65 bits per heavy atom. The molecule has 1 aliphatic rings. The van der Waals surface area contributed by atoms with Crippen LogP contribution in [-0.2, 0) is 13.0 Å². The normalized spacial score (nSPS) is 14.4. The molecular formula is C21H17NO. The molecule has 0 radical (unpaired) electrons. The van der Waals surface area contributed by atoms with E-state index in [0.717, 1.165) is 25.1 Å².